The summed E-state index contributed by atoms with van der Waals surface area (Å²) in [5, 5.41) is 0.667. The lowest BCUT2D eigenvalue weighted by Gasteiger charge is -2.21. The first-order chi connectivity index (χ1) is 10.1. The highest BCUT2D eigenvalue weighted by Crippen LogP contribution is 2.57. The summed E-state index contributed by atoms with van der Waals surface area (Å²) in [6, 6.07) is 13.4. The first-order valence-electron chi connectivity index (χ1n) is 6.87. The number of halogens is 2. The average molecular weight is 364 g/mol. The van der Waals surface area contributed by atoms with Crippen molar-refractivity contribution in [2.45, 2.75) is 24.5 Å². The predicted molar refractivity (Wildman–Crippen MR) is 84.8 cm³/mol. The number of ketones is 1. The van der Waals surface area contributed by atoms with Crippen molar-refractivity contribution in [2.24, 2.45) is 0 Å². The number of hydrogen-bond acceptors (Lipinski definition) is 2. The Kier molecular flexibility index (Phi) is 3.00. The summed E-state index contributed by atoms with van der Waals surface area (Å²) in [7, 11) is 0. The van der Waals surface area contributed by atoms with Crippen LogP contribution < -0.4 is 0 Å². The molecule has 0 amide bonds. The molecule has 1 spiro atoms. The largest absolute Gasteiger partial charge is 0.352 e. The Morgan fingerprint density at radius 1 is 1.24 bits per heavy atom. The van der Waals surface area contributed by atoms with Crippen LogP contribution in [0.1, 0.15) is 34.0 Å². The Labute approximate surface area is 136 Å². The fourth-order valence-corrected chi connectivity index (χ4v) is 4.08. The van der Waals surface area contributed by atoms with Gasteiger partial charge in [0.15, 0.2) is 11.4 Å². The van der Waals surface area contributed by atoms with Gasteiger partial charge in [0.1, 0.15) is 6.10 Å². The van der Waals surface area contributed by atoms with Crippen LogP contribution in [0.15, 0.2) is 46.9 Å². The van der Waals surface area contributed by atoms with Crippen LogP contribution >= 0.6 is 27.5 Å². The van der Waals surface area contributed by atoms with Crippen molar-refractivity contribution < 1.29 is 9.53 Å². The van der Waals surface area contributed by atoms with E-state index in [0.717, 1.165) is 34.0 Å². The molecule has 1 aliphatic carbocycles. The zero-order valence-corrected chi connectivity index (χ0v) is 13.4. The fraction of sp³-hybridized carbons (Fsp3) is 0.235. The van der Waals surface area contributed by atoms with Crippen molar-refractivity contribution in [3.8, 4) is 0 Å². The number of Topliss-reactive ketones (excluding diaryl/α,β-unsaturated/α-hetero) is 1. The van der Waals surface area contributed by atoms with Crippen molar-refractivity contribution in [3.63, 3.8) is 0 Å². The summed E-state index contributed by atoms with van der Waals surface area (Å²) in [5.41, 5.74) is 2.24. The fourth-order valence-electron chi connectivity index (χ4n) is 3.19. The van der Waals surface area contributed by atoms with E-state index in [2.05, 4.69) is 15.9 Å². The number of carbonyl (C=O) groups is 1. The zero-order valence-electron chi connectivity index (χ0n) is 11.1. The molecule has 0 radical (unpaired) electrons. The quantitative estimate of drug-likeness (QED) is 0.685. The van der Waals surface area contributed by atoms with Gasteiger partial charge in [0.25, 0.3) is 0 Å². The molecule has 0 bridgehead atoms. The van der Waals surface area contributed by atoms with E-state index in [0.29, 0.717) is 5.02 Å². The second kappa shape index (κ2) is 4.67. The Hall–Kier alpha value is -1.16. The number of ether oxygens (including phenoxy) is 1. The Morgan fingerprint density at radius 2 is 2.05 bits per heavy atom. The zero-order chi connectivity index (χ0) is 14.6. The number of epoxide rings is 1. The van der Waals surface area contributed by atoms with Gasteiger partial charge in [-0.05, 0) is 36.1 Å². The van der Waals surface area contributed by atoms with Crippen molar-refractivity contribution >= 4 is 33.3 Å². The molecule has 0 aromatic heterocycles. The van der Waals surface area contributed by atoms with Gasteiger partial charge < -0.3 is 4.74 Å². The van der Waals surface area contributed by atoms with Gasteiger partial charge in [0.2, 0.25) is 0 Å². The molecule has 1 fully saturated rings. The highest BCUT2D eigenvalue weighted by Gasteiger charge is 2.64. The molecule has 2 aromatic carbocycles. The van der Waals surface area contributed by atoms with Crippen molar-refractivity contribution in [2.75, 3.05) is 0 Å². The minimum absolute atomic E-state index is 0.108. The van der Waals surface area contributed by atoms with Crippen molar-refractivity contribution in [1.29, 1.82) is 0 Å². The van der Waals surface area contributed by atoms with Gasteiger partial charge >= 0.3 is 0 Å². The van der Waals surface area contributed by atoms with E-state index < -0.39 is 5.60 Å². The maximum absolute atomic E-state index is 12.8. The van der Waals surface area contributed by atoms with Crippen LogP contribution in [0.4, 0.5) is 0 Å². The molecule has 1 saturated heterocycles. The number of benzene rings is 2. The summed E-state index contributed by atoms with van der Waals surface area (Å²) in [6.07, 6.45) is 1.44. The molecule has 106 valence electrons. The highest BCUT2D eigenvalue weighted by atomic mass is 79.9. The first kappa shape index (κ1) is 13.5. The number of carbonyl (C=O) groups excluding carboxylic acids is 1. The van der Waals surface area contributed by atoms with Crippen LogP contribution in [-0.2, 0) is 11.2 Å². The molecule has 21 heavy (non-hydrogen) atoms. The minimum atomic E-state index is -0.676. The second-order valence-corrected chi connectivity index (χ2v) is 6.83. The third-order valence-electron chi connectivity index (χ3n) is 4.35. The van der Waals surface area contributed by atoms with Gasteiger partial charge in [-0.25, -0.2) is 0 Å². The highest BCUT2D eigenvalue weighted by molar-refractivity contribution is 9.10. The number of hydrogen-bond donors (Lipinski definition) is 0. The molecule has 0 N–H and O–H groups in total. The van der Waals surface area contributed by atoms with Crippen LogP contribution in [-0.4, -0.2) is 11.4 Å². The topological polar surface area (TPSA) is 29.6 Å². The minimum Gasteiger partial charge on any atom is -0.352 e. The van der Waals surface area contributed by atoms with E-state index in [1.54, 1.807) is 0 Å². The third kappa shape index (κ3) is 1.99. The molecule has 0 saturated carbocycles. The standard InChI is InChI=1S/C17H12BrClO2/c18-14-9-11(19)5-6-13(14)16-17(21-16)8-7-10-3-1-2-4-12(10)15(17)20/h1-6,9,16H,7-8H2. The van der Waals surface area contributed by atoms with Crippen LogP contribution in [0.5, 0.6) is 0 Å². The third-order valence-corrected chi connectivity index (χ3v) is 5.27. The van der Waals surface area contributed by atoms with E-state index in [1.165, 1.54) is 0 Å². The normalized spacial score (nSPS) is 26.8. The smallest absolute Gasteiger partial charge is 0.198 e. The van der Waals surface area contributed by atoms with Gasteiger partial charge in [-0.1, -0.05) is 57.9 Å². The van der Waals surface area contributed by atoms with E-state index in [1.807, 2.05) is 42.5 Å². The molecule has 2 nitrogen and oxygen atoms in total. The van der Waals surface area contributed by atoms with Crippen LogP contribution in [0.25, 0.3) is 0 Å². The van der Waals surface area contributed by atoms with Gasteiger partial charge in [-0.15, -0.1) is 0 Å². The Bertz CT molecular complexity index is 758. The lowest BCUT2D eigenvalue weighted by molar-refractivity contribution is 0.0850. The Morgan fingerprint density at radius 3 is 2.86 bits per heavy atom. The number of fused-ring (bicyclic) bond motifs is 1. The van der Waals surface area contributed by atoms with Crippen molar-refractivity contribution in [1.82, 2.24) is 0 Å². The lowest BCUT2D eigenvalue weighted by atomic mass is 9.79. The maximum Gasteiger partial charge on any atom is 0.198 e. The van der Waals surface area contributed by atoms with Gasteiger partial charge in [0, 0.05) is 15.1 Å². The molecule has 2 aliphatic rings. The molecular formula is C17H12BrClO2. The molecule has 4 rings (SSSR count). The van der Waals surface area contributed by atoms with E-state index >= 15 is 0 Å². The average Bonchev–Trinajstić information content (AvgIpc) is 3.19. The molecule has 2 unspecified atom stereocenters. The monoisotopic (exact) mass is 362 g/mol. The second-order valence-electron chi connectivity index (χ2n) is 5.54. The van der Waals surface area contributed by atoms with E-state index in [9.17, 15) is 4.79 Å². The molecule has 2 atom stereocenters. The summed E-state index contributed by atoms with van der Waals surface area (Å²) >= 11 is 9.49. The van der Waals surface area contributed by atoms with Crippen LogP contribution in [0.2, 0.25) is 5.02 Å². The molecule has 4 heteroatoms. The predicted octanol–water partition coefficient (Wildman–Crippen LogP) is 4.74. The molecule has 2 aromatic rings. The van der Waals surface area contributed by atoms with Gasteiger partial charge in [-0.2, -0.15) is 0 Å². The number of aryl methyl sites for hydroxylation is 1. The van der Waals surface area contributed by atoms with Crippen molar-refractivity contribution in [3.05, 3.63) is 68.7 Å². The van der Waals surface area contributed by atoms with Crippen LogP contribution in [0.3, 0.4) is 0 Å². The maximum atomic E-state index is 12.8. The SMILES string of the molecule is O=C1c2ccccc2CCC12OC2c1ccc(Cl)cc1Br. The summed E-state index contributed by atoms with van der Waals surface area (Å²) in [6.45, 7) is 0. The molecule has 1 heterocycles. The van der Waals surface area contributed by atoms with E-state index in [4.69, 9.17) is 16.3 Å². The van der Waals surface area contributed by atoms with E-state index in [-0.39, 0.29) is 11.9 Å². The first-order valence-corrected chi connectivity index (χ1v) is 8.04. The van der Waals surface area contributed by atoms with Crippen LogP contribution in [0, 0.1) is 0 Å². The van der Waals surface area contributed by atoms with Gasteiger partial charge in [0.05, 0.1) is 0 Å². The Balaban J connectivity index is 1.71. The summed E-state index contributed by atoms with van der Waals surface area (Å²) < 4.78 is 6.79. The summed E-state index contributed by atoms with van der Waals surface area (Å²) in [5.74, 6) is 0.108. The molecule has 1 aliphatic heterocycles. The summed E-state index contributed by atoms with van der Waals surface area (Å²) in [4.78, 5) is 12.8. The number of rotatable bonds is 1. The lowest BCUT2D eigenvalue weighted by Crippen LogP contribution is -2.31. The molecular weight excluding hydrogens is 352 g/mol. The van der Waals surface area contributed by atoms with Gasteiger partial charge in [-0.3, -0.25) is 4.79 Å².